The number of rotatable bonds is 5. The van der Waals surface area contributed by atoms with E-state index in [9.17, 15) is 4.39 Å². The Morgan fingerprint density at radius 3 is 2.33 bits per heavy atom. The van der Waals surface area contributed by atoms with Gasteiger partial charge in [-0.15, -0.1) is 11.8 Å². The van der Waals surface area contributed by atoms with Crippen LogP contribution < -0.4 is 4.90 Å². The van der Waals surface area contributed by atoms with E-state index in [1.165, 1.54) is 17.0 Å². The number of halogens is 1. The lowest BCUT2D eigenvalue weighted by Gasteiger charge is -2.18. The van der Waals surface area contributed by atoms with Crippen LogP contribution in [0.1, 0.15) is 0 Å². The van der Waals surface area contributed by atoms with E-state index in [-0.39, 0.29) is 5.82 Å². The molecule has 0 atom stereocenters. The molecular formula is C15H16FNS. The summed E-state index contributed by atoms with van der Waals surface area (Å²) in [7, 11) is 2.03. The first-order chi connectivity index (χ1) is 8.75. The van der Waals surface area contributed by atoms with Crippen LogP contribution in [-0.4, -0.2) is 19.3 Å². The van der Waals surface area contributed by atoms with Crippen molar-refractivity contribution in [1.29, 1.82) is 0 Å². The van der Waals surface area contributed by atoms with Gasteiger partial charge in [0.25, 0.3) is 0 Å². The standard InChI is InChI=1S/C15H16FNS/c1-17(14-9-7-13(16)8-10-14)11-12-18-15-5-3-2-4-6-15/h2-10H,11-12H2,1H3. The van der Waals surface area contributed by atoms with E-state index >= 15 is 0 Å². The first kappa shape index (κ1) is 13.0. The lowest BCUT2D eigenvalue weighted by atomic mass is 10.3. The third-order valence-corrected chi connectivity index (χ3v) is 3.70. The summed E-state index contributed by atoms with van der Waals surface area (Å²) in [6.45, 7) is 0.936. The summed E-state index contributed by atoms with van der Waals surface area (Å²) in [5.41, 5.74) is 1.05. The van der Waals surface area contributed by atoms with Gasteiger partial charge < -0.3 is 4.90 Å². The van der Waals surface area contributed by atoms with Gasteiger partial charge in [0.2, 0.25) is 0 Å². The van der Waals surface area contributed by atoms with Gasteiger partial charge in [-0.05, 0) is 36.4 Å². The highest BCUT2D eigenvalue weighted by Crippen LogP contribution is 2.18. The smallest absolute Gasteiger partial charge is 0.123 e. The zero-order chi connectivity index (χ0) is 12.8. The highest BCUT2D eigenvalue weighted by molar-refractivity contribution is 7.99. The second kappa shape index (κ2) is 6.45. The Labute approximate surface area is 112 Å². The molecule has 0 spiro atoms. The molecule has 0 saturated carbocycles. The van der Waals surface area contributed by atoms with Gasteiger partial charge in [-0.3, -0.25) is 0 Å². The van der Waals surface area contributed by atoms with Crippen LogP contribution in [-0.2, 0) is 0 Å². The summed E-state index contributed by atoms with van der Waals surface area (Å²) < 4.78 is 12.8. The fraction of sp³-hybridized carbons (Fsp3) is 0.200. The molecule has 94 valence electrons. The molecule has 0 bridgehead atoms. The molecule has 3 heteroatoms. The Kier molecular flexibility index (Phi) is 4.65. The second-order valence-corrected chi connectivity index (χ2v) is 5.23. The topological polar surface area (TPSA) is 3.24 Å². The normalized spacial score (nSPS) is 10.3. The monoisotopic (exact) mass is 261 g/mol. The van der Waals surface area contributed by atoms with Gasteiger partial charge in [-0.2, -0.15) is 0 Å². The predicted octanol–water partition coefficient (Wildman–Crippen LogP) is 4.05. The summed E-state index contributed by atoms with van der Waals surface area (Å²) in [5, 5.41) is 0. The first-order valence-corrected chi connectivity index (χ1v) is 6.89. The van der Waals surface area contributed by atoms with Crippen LogP contribution in [0, 0.1) is 5.82 Å². The van der Waals surface area contributed by atoms with E-state index < -0.39 is 0 Å². The van der Waals surface area contributed by atoms with Crippen LogP contribution in [0.4, 0.5) is 10.1 Å². The minimum Gasteiger partial charge on any atom is -0.374 e. The van der Waals surface area contributed by atoms with Gasteiger partial charge in [-0.1, -0.05) is 18.2 Å². The molecule has 18 heavy (non-hydrogen) atoms. The third-order valence-electron chi connectivity index (χ3n) is 2.71. The van der Waals surface area contributed by atoms with Gasteiger partial charge in [0, 0.05) is 29.9 Å². The van der Waals surface area contributed by atoms with Gasteiger partial charge in [-0.25, -0.2) is 4.39 Å². The fourth-order valence-electron chi connectivity index (χ4n) is 1.64. The first-order valence-electron chi connectivity index (χ1n) is 5.90. The largest absolute Gasteiger partial charge is 0.374 e. The summed E-state index contributed by atoms with van der Waals surface area (Å²) in [5.74, 6) is 0.823. The van der Waals surface area contributed by atoms with Crippen molar-refractivity contribution < 1.29 is 4.39 Å². The molecule has 0 aliphatic heterocycles. The van der Waals surface area contributed by atoms with Crippen molar-refractivity contribution in [2.24, 2.45) is 0 Å². The predicted molar refractivity (Wildman–Crippen MR) is 76.8 cm³/mol. The zero-order valence-corrected chi connectivity index (χ0v) is 11.2. The van der Waals surface area contributed by atoms with Crippen molar-refractivity contribution in [2.75, 3.05) is 24.2 Å². The van der Waals surface area contributed by atoms with Crippen LogP contribution in [0.3, 0.4) is 0 Å². The minimum atomic E-state index is -0.189. The molecule has 2 aromatic rings. The third kappa shape index (κ3) is 3.77. The number of hydrogen-bond donors (Lipinski definition) is 0. The Morgan fingerprint density at radius 1 is 1.00 bits per heavy atom. The summed E-state index contributed by atoms with van der Waals surface area (Å²) in [6.07, 6.45) is 0. The molecular weight excluding hydrogens is 245 g/mol. The van der Waals surface area contributed by atoms with Gasteiger partial charge in [0.05, 0.1) is 0 Å². The number of benzene rings is 2. The van der Waals surface area contributed by atoms with E-state index in [4.69, 9.17) is 0 Å². The molecule has 2 aromatic carbocycles. The number of hydrogen-bond acceptors (Lipinski definition) is 2. The van der Waals surface area contributed by atoms with Crippen LogP contribution >= 0.6 is 11.8 Å². The maximum Gasteiger partial charge on any atom is 0.123 e. The second-order valence-electron chi connectivity index (χ2n) is 4.06. The number of nitrogens with zero attached hydrogens (tertiary/aromatic N) is 1. The summed E-state index contributed by atoms with van der Waals surface area (Å²) in [4.78, 5) is 3.42. The highest BCUT2D eigenvalue weighted by Gasteiger charge is 2.01. The van der Waals surface area contributed by atoms with E-state index in [1.807, 2.05) is 49.1 Å². The zero-order valence-electron chi connectivity index (χ0n) is 10.3. The van der Waals surface area contributed by atoms with E-state index in [0.717, 1.165) is 18.0 Å². The Morgan fingerprint density at radius 2 is 1.67 bits per heavy atom. The highest BCUT2D eigenvalue weighted by atomic mass is 32.2. The van der Waals surface area contributed by atoms with Crippen molar-refractivity contribution in [3.63, 3.8) is 0 Å². The molecule has 0 fully saturated rings. The molecule has 0 aliphatic rings. The Hall–Kier alpha value is -1.48. The minimum absolute atomic E-state index is 0.189. The van der Waals surface area contributed by atoms with Crippen LogP contribution in [0.2, 0.25) is 0 Å². The fourth-order valence-corrected chi connectivity index (χ4v) is 2.59. The molecule has 0 unspecified atom stereocenters. The average Bonchev–Trinajstić information content (AvgIpc) is 2.40. The average molecular weight is 261 g/mol. The Bertz CT molecular complexity index is 470. The van der Waals surface area contributed by atoms with E-state index in [1.54, 1.807) is 0 Å². The number of anilines is 1. The van der Waals surface area contributed by atoms with Crippen molar-refractivity contribution in [3.05, 3.63) is 60.4 Å². The Balaban J connectivity index is 1.81. The van der Waals surface area contributed by atoms with Crippen molar-refractivity contribution >= 4 is 17.4 Å². The molecule has 0 heterocycles. The maximum absolute atomic E-state index is 12.8. The molecule has 0 aliphatic carbocycles. The molecule has 2 rings (SSSR count). The van der Waals surface area contributed by atoms with Gasteiger partial charge in [0.15, 0.2) is 0 Å². The lowest BCUT2D eigenvalue weighted by Crippen LogP contribution is -2.20. The number of thioether (sulfide) groups is 1. The van der Waals surface area contributed by atoms with E-state index in [2.05, 4.69) is 17.0 Å². The van der Waals surface area contributed by atoms with E-state index in [0.29, 0.717) is 0 Å². The molecule has 0 N–H and O–H groups in total. The van der Waals surface area contributed by atoms with Crippen LogP contribution in [0.5, 0.6) is 0 Å². The van der Waals surface area contributed by atoms with Crippen molar-refractivity contribution in [3.8, 4) is 0 Å². The molecule has 1 nitrogen and oxygen atoms in total. The van der Waals surface area contributed by atoms with Gasteiger partial charge >= 0.3 is 0 Å². The van der Waals surface area contributed by atoms with Crippen molar-refractivity contribution in [1.82, 2.24) is 0 Å². The maximum atomic E-state index is 12.8. The molecule has 0 amide bonds. The summed E-state index contributed by atoms with van der Waals surface area (Å²) >= 11 is 1.83. The SMILES string of the molecule is CN(CCSc1ccccc1)c1ccc(F)cc1. The van der Waals surface area contributed by atoms with Crippen LogP contribution in [0.15, 0.2) is 59.5 Å². The summed E-state index contributed by atoms with van der Waals surface area (Å²) in [6, 6.07) is 17.0. The quantitative estimate of drug-likeness (QED) is 0.747. The van der Waals surface area contributed by atoms with Gasteiger partial charge in [0.1, 0.15) is 5.82 Å². The molecule has 0 radical (unpaired) electrons. The van der Waals surface area contributed by atoms with Crippen LogP contribution in [0.25, 0.3) is 0 Å². The molecule has 0 saturated heterocycles. The van der Waals surface area contributed by atoms with Crippen molar-refractivity contribution in [2.45, 2.75) is 4.90 Å². The lowest BCUT2D eigenvalue weighted by molar-refractivity contribution is 0.627. The molecule has 0 aromatic heterocycles.